The van der Waals surface area contributed by atoms with Gasteiger partial charge in [-0.1, -0.05) is 36.7 Å². The summed E-state index contributed by atoms with van der Waals surface area (Å²) in [6, 6.07) is 12.0. The SMILES string of the molecule is C=S1(=O)NC(=O)c2ccc3c(c2)N(C[C@@H]2CC[C@H]2[C@@](CN2CCO[C@@H](COC)C2)(OC)/C=C/C[C@H](C)[C@H]1C)C[C@@]1(CCCc2cc(Cl)ccc21)CO3. The van der Waals surface area contributed by atoms with E-state index in [9.17, 15) is 9.00 Å². The summed E-state index contributed by atoms with van der Waals surface area (Å²) in [5.41, 5.74) is 3.18. The van der Waals surface area contributed by atoms with Crippen LogP contribution >= 0.6 is 11.6 Å². The number of nitrogens with one attached hydrogen (secondary N) is 1. The van der Waals surface area contributed by atoms with Crippen LogP contribution in [0.1, 0.15) is 67.4 Å². The van der Waals surface area contributed by atoms with Gasteiger partial charge in [0.25, 0.3) is 5.91 Å². The van der Waals surface area contributed by atoms with Gasteiger partial charge in [-0.3, -0.25) is 14.4 Å². The normalized spacial score (nSPS) is 36.1. The highest BCUT2D eigenvalue weighted by atomic mass is 35.5. The quantitative estimate of drug-likeness (QED) is 0.298. The maximum absolute atomic E-state index is 14.0. The number of amides is 1. The van der Waals surface area contributed by atoms with E-state index in [0.717, 1.165) is 81.3 Å². The summed E-state index contributed by atoms with van der Waals surface area (Å²) in [7, 11) is 0.611. The summed E-state index contributed by atoms with van der Waals surface area (Å²) >= 11 is 6.51. The van der Waals surface area contributed by atoms with Crippen molar-refractivity contribution in [1.29, 1.82) is 0 Å². The molecule has 3 aliphatic heterocycles. The summed E-state index contributed by atoms with van der Waals surface area (Å²) in [5, 5.41) is 0.409. The number of benzene rings is 2. The Hall–Kier alpha value is -2.60. The number of rotatable bonds is 5. The van der Waals surface area contributed by atoms with Gasteiger partial charge in [-0.2, -0.15) is 0 Å². The summed E-state index contributed by atoms with van der Waals surface area (Å²) in [4.78, 5) is 18.7. The molecule has 7 rings (SSSR count). The van der Waals surface area contributed by atoms with E-state index >= 15 is 0 Å². The number of hydrogen-bond acceptors (Lipinski definition) is 8. The van der Waals surface area contributed by atoms with Crippen molar-refractivity contribution in [3.63, 3.8) is 0 Å². The Bertz CT molecular complexity index is 1770. The fraction of sp³-hybridized carbons (Fsp3) is 0.610. The van der Waals surface area contributed by atoms with Crippen molar-refractivity contribution in [2.45, 2.75) is 74.7 Å². The predicted molar refractivity (Wildman–Crippen MR) is 209 cm³/mol. The molecule has 284 valence electrons. The number of hydrogen-bond donors (Lipinski definition) is 1. The van der Waals surface area contributed by atoms with E-state index in [4.69, 9.17) is 30.5 Å². The number of halogens is 1. The first-order valence-corrected chi connectivity index (χ1v) is 21.2. The zero-order valence-corrected chi connectivity index (χ0v) is 32.8. The molecule has 2 aliphatic carbocycles. The molecule has 9 nitrogen and oxygen atoms in total. The number of fused-ring (bicyclic) bond motifs is 4. The van der Waals surface area contributed by atoms with Gasteiger partial charge in [-0.15, -0.1) is 0 Å². The first kappa shape index (κ1) is 37.7. The molecular formula is C41H56ClN3O6S. The summed E-state index contributed by atoms with van der Waals surface area (Å²) in [5.74, 6) is 5.07. The van der Waals surface area contributed by atoms with Crippen molar-refractivity contribution >= 4 is 38.8 Å². The predicted octanol–water partition coefficient (Wildman–Crippen LogP) is 5.92. The molecule has 5 aliphatic rings. The first-order valence-electron chi connectivity index (χ1n) is 19.0. The molecule has 1 saturated heterocycles. The highest BCUT2D eigenvalue weighted by molar-refractivity contribution is 7.99. The van der Waals surface area contributed by atoms with Crippen molar-refractivity contribution < 1.29 is 28.0 Å². The molecular weight excluding hydrogens is 698 g/mol. The lowest BCUT2D eigenvalue weighted by molar-refractivity contribution is -0.118. The lowest BCUT2D eigenvalue weighted by Gasteiger charge is -2.52. The van der Waals surface area contributed by atoms with Crippen LogP contribution in [-0.2, 0) is 35.8 Å². The van der Waals surface area contributed by atoms with Gasteiger partial charge < -0.3 is 23.8 Å². The van der Waals surface area contributed by atoms with E-state index in [2.05, 4.69) is 51.6 Å². The van der Waals surface area contributed by atoms with Gasteiger partial charge in [0.05, 0.1) is 41.3 Å². The molecule has 1 N–H and O–H groups in total. The molecule has 2 bridgehead atoms. The van der Waals surface area contributed by atoms with E-state index in [1.807, 2.05) is 32.2 Å². The third-order valence-electron chi connectivity index (χ3n) is 12.8. The number of carbonyl (C=O) groups is 1. The standard InChI is InChI=1S/C41H56ClN3O6S/c1-28-8-6-17-41(49-4,26-44-18-19-50-34(23-44)24-48-3)36-13-10-32(36)22-45-25-40(16-7-9-30-20-33(42)12-14-35(30)40)27-51-38-15-11-31(21-37(38)45)39(46)43-52(5,47)29(28)2/h6,11-12,14-15,17,20-21,28-29,32,34,36H,5,7-10,13,16,18-19,22-27H2,1-4H3,(H,43,46,47)/b17-6+/t28-,29+,32-,34+,36+,40-,41+,52?/m0/s1. The molecule has 1 spiro atoms. The van der Waals surface area contributed by atoms with Gasteiger partial charge in [0.15, 0.2) is 0 Å². The van der Waals surface area contributed by atoms with Gasteiger partial charge in [-0.05, 0) is 111 Å². The topological polar surface area (TPSA) is 89.6 Å². The number of allylic oxidation sites excluding steroid dienone is 1. The van der Waals surface area contributed by atoms with Crippen molar-refractivity contribution in [2.75, 3.05) is 71.7 Å². The molecule has 1 saturated carbocycles. The maximum atomic E-state index is 14.0. The molecule has 0 aromatic heterocycles. The van der Waals surface area contributed by atoms with Crippen LogP contribution in [0.15, 0.2) is 48.6 Å². The van der Waals surface area contributed by atoms with E-state index in [0.29, 0.717) is 37.7 Å². The van der Waals surface area contributed by atoms with E-state index in [1.54, 1.807) is 13.2 Å². The van der Waals surface area contributed by atoms with E-state index in [-0.39, 0.29) is 34.5 Å². The van der Waals surface area contributed by atoms with Crippen LogP contribution < -0.4 is 14.4 Å². The number of anilines is 1. The molecule has 2 aromatic carbocycles. The van der Waals surface area contributed by atoms with Crippen LogP contribution in [0.5, 0.6) is 5.75 Å². The van der Waals surface area contributed by atoms with Crippen molar-refractivity contribution in [1.82, 2.24) is 9.62 Å². The minimum Gasteiger partial charge on any atom is -0.490 e. The van der Waals surface area contributed by atoms with Crippen LogP contribution in [0.2, 0.25) is 5.02 Å². The first-order chi connectivity index (χ1) is 25.0. The van der Waals surface area contributed by atoms with Crippen LogP contribution in [0, 0.1) is 17.8 Å². The lowest BCUT2D eigenvalue weighted by Crippen LogP contribution is -2.59. The van der Waals surface area contributed by atoms with Crippen LogP contribution in [-0.4, -0.2) is 105 Å². The smallest absolute Gasteiger partial charge is 0.262 e. The Balaban J connectivity index is 1.30. The maximum Gasteiger partial charge on any atom is 0.262 e. The average Bonchev–Trinajstić information content (AvgIpc) is 3.26. The third kappa shape index (κ3) is 7.40. The number of carbonyl (C=O) groups excluding carboxylic acids is 1. The van der Waals surface area contributed by atoms with Crippen molar-refractivity contribution in [2.24, 2.45) is 17.8 Å². The van der Waals surface area contributed by atoms with Crippen LogP contribution in [0.3, 0.4) is 0 Å². The fourth-order valence-corrected chi connectivity index (χ4v) is 11.1. The van der Waals surface area contributed by atoms with Crippen molar-refractivity contribution in [3.8, 4) is 5.75 Å². The molecule has 2 aromatic rings. The Morgan fingerprint density at radius 3 is 2.75 bits per heavy atom. The molecule has 2 fully saturated rings. The number of ether oxygens (including phenoxy) is 4. The monoisotopic (exact) mass is 753 g/mol. The zero-order valence-electron chi connectivity index (χ0n) is 31.2. The largest absolute Gasteiger partial charge is 0.490 e. The van der Waals surface area contributed by atoms with Gasteiger partial charge in [0.2, 0.25) is 0 Å². The van der Waals surface area contributed by atoms with Gasteiger partial charge in [-0.25, -0.2) is 4.21 Å². The lowest BCUT2D eigenvalue weighted by atomic mass is 9.63. The molecule has 11 heteroatoms. The highest BCUT2D eigenvalue weighted by Gasteiger charge is 2.50. The van der Waals surface area contributed by atoms with E-state index < -0.39 is 15.3 Å². The molecule has 8 atom stereocenters. The molecule has 1 amide bonds. The zero-order chi connectivity index (χ0) is 36.7. The number of aryl methyl sites for hydroxylation is 1. The number of methoxy groups -OCH3 is 2. The minimum absolute atomic E-state index is 0.0102. The average molecular weight is 754 g/mol. The molecule has 3 heterocycles. The van der Waals surface area contributed by atoms with Crippen molar-refractivity contribution in [3.05, 3.63) is 70.3 Å². The highest BCUT2D eigenvalue weighted by Crippen LogP contribution is 2.49. The minimum atomic E-state index is -2.97. The second-order valence-electron chi connectivity index (χ2n) is 16.1. The Morgan fingerprint density at radius 2 is 1.98 bits per heavy atom. The number of morpholine rings is 1. The molecule has 52 heavy (non-hydrogen) atoms. The Kier molecular flexibility index (Phi) is 11.1. The molecule has 0 radical (unpaired) electrons. The van der Waals surface area contributed by atoms with Gasteiger partial charge in [0.1, 0.15) is 11.4 Å². The Labute approximate surface area is 315 Å². The van der Waals surface area contributed by atoms with Crippen LogP contribution in [0.25, 0.3) is 0 Å². The van der Waals surface area contributed by atoms with Gasteiger partial charge in [0, 0.05) is 68.2 Å². The summed E-state index contributed by atoms with van der Waals surface area (Å²) in [6.07, 6.45) is 10.4. The fourth-order valence-electron chi connectivity index (χ4n) is 9.46. The number of nitrogens with zero attached hydrogens (tertiary/aromatic N) is 2. The second-order valence-corrected chi connectivity index (χ2v) is 18.9. The van der Waals surface area contributed by atoms with Gasteiger partial charge >= 0.3 is 0 Å². The second kappa shape index (κ2) is 15.3. The summed E-state index contributed by atoms with van der Waals surface area (Å²) in [6.45, 7) is 9.68. The summed E-state index contributed by atoms with van der Waals surface area (Å²) < 4.78 is 41.8. The third-order valence-corrected chi connectivity index (χ3v) is 15.2. The Morgan fingerprint density at radius 1 is 1.13 bits per heavy atom. The molecule has 1 unspecified atom stereocenters. The van der Waals surface area contributed by atoms with E-state index in [1.165, 1.54) is 11.1 Å². The van der Waals surface area contributed by atoms with Crippen LogP contribution in [0.4, 0.5) is 5.69 Å².